The van der Waals surface area contributed by atoms with Crippen LogP contribution < -0.4 is 0 Å². The molecular weight excluding hydrogens is 347 g/mol. The summed E-state index contributed by atoms with van der Waals surface area (Å²) in [7, 11) is 0. The van der Waals surface area contributed by atoms with E-state index in [2.05, 4.69) is 42.1 Å². The van der Waals surface area contributed by atoms with Gasteiger partial charge in [0, 0.05) is 8.95 Å². The van der Waals surface area contributed by atoms with Gasteiger partial charge in [-0.2, -0.15) is 0 Å². The highest BCUT2D eigenvalue weighted by molar-refractivity contribution is 9.11. The standard InChI is InChI=1S/C9H5Br2ClN2O/c10-5-1-2-7(11)6(3-5)9-14-13-8(4-12)15-9/h1-3H,4H2. The predicted octanol–water partition coefficient (Wildman–Crippen LogP) is 4.00. The van der Waals surface area contributed by atoms with Crippen molar-refractivity contribution in [1.29, 1.82) is 0 Å². The lowest BCUT2D eigenvalue weighted by atomic mass is 10.2. The van der Waals surface area contributed by atoms with E-state index in [0.717, 1.165) is 14.5 Å². The molecule has 0 saturated heterocycles. The molecule has 0 saturated carbocycles. The van der Waals surface area contributed by atoms with Crippen molar-refractivity contribution in [3.8, 4) is 11.5 Å². The van der Waals surface area contributed by atoms with Gasteiger partial charge in [-0.25, -0.2) is 0 Å². The van der Waals surface area contributed by atoms with Crippen molar-refractivity contribution in [2.24, 2.45) is 0 Å². The van der Waals surface area contributed by atoms with Crippen LogP contribution in [-0.4, -0.2) is 10.2 Å². The largest absolute Gasteiger partial charge is 0.419 e. The van der Waals surface area contributed by atoms with Crippen molar-refractivity contribution < 1.29 is 4.42 Å². The fourth-order valence-electron chi connectivity index (χ4n) is 1.08. The van der Waals surface area contributed by atoms with E-state index in [1.807, 2.05) is 18.2 Å². The summed E-state index contributed by atoms with van der Waals surface area (Å²) < 4.78 is 7.20. The highest BCUT2D eigenvalue weighted by Crippen LogP contribution is 2.30. The number of benzene rings is 1. The second kappa shape index (κ2) is 4.63. The Bertz CT molecular complexity index is 487. The van der Waals surface area contributed by atoms with Crippen molar-refractivity contribution in [2.75, 3.05) is 0 Å². The molecule has 1 aromatic carbocycles. The number of aromatic nitrogens is 2. The van der Waals surface area contributed by atoms with Gasteiger partial charge in [-0.1, -0.05) is 15.9 Å². The minimum Gasteiger partial charge on any atom is -0.419 e. The summed E-state index contributed by atoms with van der Waals surface area (Å²) in [5.74, 6) is 1.09. The van der Waals surface area contributed by atoms with Crippen LogP contribution in [0.15, 0.2) is 31.6 Å². The lowest BCUT2D eigenvalue weighted by Crippen LogP contribution is -1.80. The van der Waals surface area contributed by atoms with E-state index in [0.29, 0.717) is 11.8 Å². The average molecular weight is 352 g/mol. The first-order chi connectivity index (χ1) is 7.20. The summed E-state index contributed by atoms with van der Waals surface area (Å²) in [6, 6.07) is 5.73. The molecule has 0 radical (unpaired) electrons. The molecule has 1 aromatic heterocycles. The van der Waals surface area contributed by atoms with Gasteiger partial charge in [0.1, 0.15) is 5.88 Å². The van der Waals surface area contributed by atoms with E-state index in [4.69, 9.17) is 16.0 Å². The molecule has 0 fully saturated rings. The molecule has 1 heterocycles. The van der Waals surface area contributed by atoms with E-state index in [9.17, 15) is 0 Å². The van der Waals surface area contributed by atoms with E-state index >= 15 is 0 Å². The van der Waals surface area contributed by atoms with Gasteiger partial charge in [0.25, 0.3) is 0 Å². The van der Waals surface area contributed by atoms with Gasteiger partial charge in [-0.3, -0.25) is 0 Å². The van der Waals surface area contributed by atoms with Gasteiger partial charge in [-0.05, 0) is 34.1 Å². The zero-order valence-corrected chi connectivity index (χ0v) is 11.3. The van der Waals surface area contributed by atoms with Crippen LogP contribution in [0.25, 0.3) is 11.5 Å². The quantitative estimate of drug-likeness (QED) is 0.767. The average Bonchev–Trinajstić information content (AvgIpc) is 2.70. The second-order valence-electron chi connectivity index (χ2n) is 2.76. The maximum absolute atomic E-state index is 5.58. The van der Waals surface area contributed by atoms with Crippen LogP contribution in [0, 0.1) is 0 Å². The van der Waals surface area contributed by atoms with Gasteiger partial charge >= 0.3 is 0 Å². The third-order valence-electron chi connectivity index (χ3n) is 1.74. The molecule has 15 heavy (non-hydrogen) atoms. The molecule has 0 bridgehead atoms. The van der Waals surface area contributed by atoms with E-state index in [-0.39, 0.29) is 5.88 Å². The molecule has 0 N–H and O–H groups in total. The minimum atomic E-state index is 0.221. The predicted molar refractivity (Wildman–Crippen MR) is 64.7 cm³/mol. The van der Waals surface area contributed by atoms with Crippen molar-refractivity contribution >= 4 is 43.5 Å². The van der Waals surface area contributed by atoms with Crippen molar-refractivity contribution in [2.45, 2.75) is 5.88 Å². The number of rotatable bonds is 2. The van der Waals surface area contributed by atoms with Gasteiger partial charge in [0.2, 0.25) is 11.8 Å². The molecule has 3 nitrogen and oxygen atoms in total. The Morgan fingerprint density at radius 3 is 2.73 bits per heavy atom. The van der Waals surface area contributed by atoms with E-state index in [1.54, 1.807) is 0 Å². The molecule has 78 valence electrons. The summed E-state index contributed by atoms with van der Waals surface area (Å²) in [6.07, 6.45) is 0. The molecule has 2 rings (SSSR count). The summed E-state index contributed by atoms with van der Waals surface area (Å²) in [5, 5.41) is 7.70. The monoisotopic (exact) mass is 350 g/mol. The maximum atomic E-state index is 5.58. The van der Waals surface area contributed by atoms with Crippen molar-refractivity contribution in [3.05, 3.63) is 33.0 Å². The zero-order valence-electron chi connectivity index (χ0n) is 7.38. The third-order valence-corrected chi connectivity index (χ3v) is 3.15. The van der Waals surface area contributed by atoms with Gasteiger partial charge in [0.05, 0.1) is 5.56 Å². The van der Waals surface area contributed by atoms with Crippen LogP contribution in [0.4, 0.5) is 0 Å². The first-order valence-electron chi connectivity index (χ1n) is 4.04. The fourth-order valence-corrected chi connectivity index (χ4v) is 1.96. The molecule has 0 atom stereocenters. The Kier molecular flexibility index (Phi) is 3.43. The zero-order chi connectivity index (χ0) is 10.8. The molecule has 0 spiro atoms. The van der Waals surface area contributed by atoms with Gasteiger partial charge < -0.3 is 4.42 Å². The molecule has 0 aliphatic heterocycles. The molecule has 0 aliphatic carbocycles. The van der Waals surface area contributed by atoms with Crippen molar-refractivity contribution in [1.82, 2.24) is 10.2 Å². The number of hydrogen-bond donors (Lipinski definition) is 0. The van der Waals surface area contributed by atoms with Crippen LogP contribution in [-0.2, 0) is 5.88 Å². The summed E-state index contributed by atoms with van der Waals surface area (Å²) >= 11 is 12.4. The number of halogens is 3. The lowest BCUT2D eigenvalue weighted by Gasteiger charge is -1.99. The van der Waals surface area contributed by atoms with E-state index < -0.39 is 0 Å². The highest BCUT2D eigenvalue weighted by atomic mass is 79.9. The summed E-state index contributed by atoms with van der Waals surface area (Å²) in [4.78, 5) is 0. The van der Waals surface area contributed by atoms with Crippen LogP contribution >= 0.6 is 43.5 Å². The fraction of sp³-hybridized carbons (Fsp3) is 0.111. The SMILES string of the molecule is ClCc1nnc(-c2cc(Br)ccc2Br)o1. The Morgan fingerprint density at radius 1 is 1.27 bits per heavy atom. The number of alkyl halides is 1. The lowest BCUT2D eigenvalue weighted by molar-refractivity contribution is 0.527. The third kappa shape index (κ3) is 2.41. The molecule has 0 unspecified atom stereocenters. The second-order valence-corrected chi connectivity index (χ2v) is 4.80. The Morgan fingerprint density at radius 2 is 2.07 bits per heavy atom. The van der Waals surface area contributed by atoms with Crippen LogP contribution in [0.5, 0.6) is 0 Å². The Hall–Kier alpha value is -0.390. The van der Waals surface area contributed by atoms with Crippen LogP contribution in [0.2, 0.25) is 0 Å². The smallest absolute Gasteiger partial charge is 0.248 e. The molecule has 0 amide bonds. The Balaban J connectivity index is 2.48. The number of nitrogens with zero attached hydrogens (tertiary/aromatic N) is 2. The van der Waals surface area contributed by atoms with Gasteiger partial charge in [-0.15, -0.1) is 21.8 Å². The number of hydrogen-bond acceptors (Lipinski definition) is 3. The molecular formula is C9H5Br2ClN2O. The van der Waals surface area contributed by atoms with E-state index in [1.165, 1.54) is 0 Å². The first-order valence-corrected chi connectivity index (χ1v) is 6.16. The minimum absolute atomic E-state index is 0.221. The summed E-state index contributed by atoms with van der Waals surface area (Å²) in [6.45, 7) is 0. The van der Waals surface area contributed by atoms with Crippen molar-refractivity contribution in [3.63, 3.8) is 0 Å². The van der Waals surface area contributed by atoms with Gasteiger partial charge in [0.15, 0.2) is 0 Å². The topological polar surface area (TPSA) is 38.9 Å². The Labute approximate surface area is 108 Å². The first kappa shape index (κ1) is 11.1. The van der Waals surface area contributed by atoms with Crippen LogP contribution in [0.3, 0.4) is 0 Å². The normalized spacial score (nSPS) is 10.6. The molecule has 0 aliphatic rings. The highest BCUT2D eigenvalue weighted by Gasteiger charge is 2.11. The maximum Gasteiger partial charge on any atom is 0.248 e. The molecule has 6 heteroatoms. The van der Waals surface area contributed by atoms with Crippen LogP contribution in [0.1, 0.15) is 5.89 Å². The summed E-state index contributed by atoms with van der Waals surface area (Å²) in [5.41, 5.74) is 0.841. The molecule has 2 aromatic rings.